The number of ether oxygens (including phenoxy) is 1. The van der Waals surface area contributed by atoms with Crippen LogP contribution in [0.2, 0.25) is 0 Å². The summed E-state index contributed by atoms with van der Waals surface area (Å²) in [4.78, 5) is 35.6. The van der Waals surface area contributed by atoms with E-state index < -0.39 is 25.9 Å². The van der Waals surface area contributed by atoms with Crippen molar-refractivity contribution < 1.29 is 27.7 Å². The molecule has 2 unspecified atom stereocenters. The summed E-state index contributed by atoms with van der Waals surface area (Å²) >= 11 is 0. The van der Waals surface area contributed by atoms with Gasteiger partial charge in [0.1, 0.15) is 10.6 Å². The molecule has 2 atom stereocenters. The summed E-state index contributed by atoms with van der Waals surface area (Å²) < 4.78 is 33.7. The van der Waals surface area contributed by atoms with Gasteiger partial charge in [-0.2, -0.15) is 4.72 Å². The number of methoxy groups -OCH3 is 1. The van der Waals surface area contributed by atoms with E-state index in [9.17, 15) is 28.1 Å². The molecule has 4 aliphatic rings. The minimum Gasteiger partial charge on any atom is -0.495 e. The Kier molecular flexibility index (Phi) is 6.00. The highest BCUT2D eigenvalue weighted by atomic mass is 32.2. The molecule has 10 nitrogen and oxygen atoms in total. The lowest BCUT2D eigenvalue weighted by atomic mass is 9.45. The summed E-state index contributed by atoms with van der Waals surface area (Å²) in [6.07, 6.45) is 4.45. The lowest BCUT2D eigenvalue weighted by Gasteiger charge is -2.59. The number of primary amides is 1. The molecule has 5 rings (SSSR count). The molecule has 1 aromatic rings. The Morgan fingerprint density at radius 1 is 1.24 bits per heavy atom. The molecule has 0 saturated heterocycles. The van der Waals surface area contributed by atoms with Gasteiger partial charge in [-0.3, -0.25) is 19.7 Å². The number of carbonyl (C=O) groups is 2. The van der Waals surface area contributed by atoms with Gasteiger partial charge in [-0.1, -0.05) is 0 Å². The maximum Gasteiger partial charge on any atom is 0.273 e. The first-order valence-electron chi connectivity index (χ1n) is 11.5. The Morgan fingerprint density at radius 3 is 2.38 bits per heavy atom. The van der Waals surface area contributed by atoms with Crippen LogP contribution in [0.5, 0.6) is 5.75 Å². The molecule has 4 aliphatic carbocycles. The zero-order valence-electron chi connectivity index (χ0n) is 19.6. The second-order valence-corrected chi connectivity index (χ2v) is 12.4. The fourth-order valence-corrected chi connectivity index (χ4v) is 8.22. The van der Waals surface area contributed by atoms with Gasteiger partial charge in [0, 0.05) is 17.9 Å². The first kappa shape index (κ1) is 24.6. The van der Waals surface area contributed by atoms with Crippen molar-refractivity contribution in [1.82, 2.24) is 4.72 Å². The van der Waals surface area contributed by atoms with Gasteiger partial charge < -0.3 is 10.5 Å². The van der Waals surface area contributed by atoms with Gasteiger partial charge in [0.15, 0.2) is 5.78 Å². The van der Waals surface area contributed by atoms with E-state index in [4.69, 9.17) is 10.5 Å². The first-order chi connectivity index (χ1) is 15.8. The van der Waals surface area contributed by atoms with Crippen molar-refractivity contribution in [3.63, 3.8) is 0 Å². The molecule has 34 heavy (non-hydrogen) atoms. The Morgan fingerprint density at radius 2 is 1.85 bits per heavy atom. The van der Waals surface area contributed by atoms with Crippen LogP contribution >= 0.6 is 0 Å². The zero-order valence-corrected chi connectivity index (χ0v) is 20.4. The van der Waals surface area contributed by atoms with Gasteiger partial charge in [0.25, 0.3) is 5.69 Å². The lowest BCUT2D eigenvalue weighted by molar-refractivity contribution is -0.385. The quantitative estimate of drug-likeness (QED) is 0.395. The molecule has 4 fully saturated rings. The number of non-ortho nitro benzene ring substituents is 1. The number of hydrogen-bond donors (Lipinski definition) is 2. The minimum atomic E-state index is -4.21. The molecule has 3 N–H and O–H groups in total. The molecule has 186 valence electrons. The predicted octanol–water partition coefficient (Wildman–Crippen LogP) is 2.55. The van der Waals surface area contributed by atoms with E-state index in [0.29, 0.717) is 18.8 Å². The number of benzene rings is 1. The number of Topliss-reactive ketones (excluding diaryl/α,β-unsaturated/α-hetero) is 1. The van der Waals surface area contributed by atoms with Crippen LogP contribution in [-0.2, 0) is 19.6 Å². The highest BCUT2D eigenvalue weighted by Gasteiger charge is 2.58. The SMILES string of the molecule is COc1cc([N+](=O)[O-])ccc1S(=O)(=O)NC(C)(C)C(=O)CC1C2CC3CC1CC(C(N)=O)(C3)C2. The second-order valence-electron chi connectivity index (χ2n) is 10.7. The molecular formula is C23H31N3O7S. The van der Waals surface area contributed by atoms with E-state index in [1.54, 1.807) is 0 Å². The summed E-state index contributed by atoms with van der Waals surface area (Å²) in [7, 11) is -2.99. The Labute approximate surface area is 198 Å². The molecule has 0 aromatic heterocycles. The number of amides is 1. The second kappa shape index (κ2) is 8.30. The predicted molar refractivity (Wildman–Crippen MR) is 122 cm³/mol. The number of nitro groups is 1. The number of hydrogen-bond acceptors (Lipinski definition) is 7. The van der Waals surface area contributed by atoms with Crippen LogP contribution < -0.4 is 15.2 Å². The fourth-order valence-electron chi connectivity index (χ4n) is 6.67. The lowest BCUT2D eigenvalue weighted by Crippen LogP contribution is -2.57. The van der Waals surface area contributed by atoms with E-state index in [0.717, 1.165) is 37.5 Å². The highest BCUT2D eigenvalue weighted by molar-refractivity contribution is 7.89. The van der Waals surface area contributed by atoms with E-state index in [1.807, 2.05) is 0 Å². The van der Waals surface area contributed by atoms with Crippen LogP contribution in [-0.4, -0.2) is 37.7 Å². The van der Waals surface area contributed by atoms with Crippen molar-refractivity contribution in [2.45, 2.75) is 62.8 Å². The number of nitrogens with one attached hydrogen (secondary N) is 1. The maximum absolute atomic E-state index is 13.3. The summed E-state index contributed by atoms with van der Waals surface area (Å²) in [6.45, 7) is 3.04. The third-order valence-electron chi connectivity index (χ3n) is 8.15. The van der Waals surface area contributed by atoms with Crippen LogP contribution in [0.4, 0.5) is 5.69 Å². The van der Waals surface area contributed by atoms with Crippen LogP contribution in [0.25, 0.3) is 0 Å². The number of nitrogens with zero attached hydrogens (tertiary/aromatic N) is 1. The molecule has 0 radical (unpaired) electrons. The van der Waals surface area contributed by atoms with E-state index >= 15 is 0 Å². The van der Waals surface area contributed by atoms with Crippen molar-refractivity contribution >= 4 is 27.4 Å². The standard InChI is InChI=1S/C23H31N3O7S/c1-22(2,25-34(31,32)19-5-4-16(26(29)30)8-18(19)33-3)20(27)9-17-14-6-13-7-15(17)12-23(10-13,11-14)21(24)28/h4-5,8,13-15,17,25H,6-7,9-12H2,1-3H3,(H2,24,28). The highest BCUT2D eigenvalue weighted by Crippen LogP contribution is 2.62. The van der Waals surface area contributed by atoms with Gasteiger partial charge >= 0.3 is 0 Å². The number of nitro benzene ring substituents is 1. The molecule has 11 heteroatoms. The summed E-state index contributed by atoms with van der Waals surface area (Å²) in [5.74, 6) is 0.411. The molecule has 1 aromatic carbocycles. The number of nitrogens with two attached hydrogens (primary N) is 1. The topological polar surface area (TPSA) is 159 Å². The molecule has 0 heterocycles. The summed E-state index contributed by atoms with van der Waals surface area (Å²) in [5, 5.41) is 11.0. The van der Waals surface area contributed by atoms with Gasteiger partial charge in [-0.05, 0) is 75.7 Å². The molecule has 0 aliphatic heterocycles. The fraction of sp³-hybridized carbons (Fsp3) is 0.652. The van der Waals surface area contributed by atoms with Crippen LogP contribution in [0.1, 0.15) is 52.4 Å². The Balaban J connectivity index is 1.50. The average Bonchev–Trinajstić information content (AvgIpc) is 2.74. The molecular weight excluding hydrogens is 462 g/mol. The third-order valence-corrected chi connectivity index (χ3v) is 9.84. The van der Waals surface area contributed by atoms with Crippen molar-refractivity contribution in [2.24, 2.45) is 34.8 Å². The van der Waals surface area contributed by atoms with Gasteiger partial charge in [-0.15, -0.1) is 0 Å². The van der Waals surface area contributed by atoms with Gasteiger partial charge in [0.2, 0.25) is 15.9 Å². The van der Waals surface area contributed by atoms with Crippen molar-refractivity contribution in [3.05, 3.63) is 28.3 Å². The van der Waals surface area contributed by atoms with Crippen LogP contribution in [0.3, 0.4) is 0 Å². The smallest absolute Gasteiger partial charge is 0.273 e. The maximum atomic E-state index is 13.3. The summed E-state index contributed by atoms with van der Waals surface area (Å²) in [5.41, 5.74) is 3.60. The Hall–Kier alpha value is -2.53. The van der Waals surface area contributed by atoms with Crippen molar-refractivity contribution in [2.75, 3.05) is 7.11 Å². The largest absolute Gasteiger partial charge is 0.495 e. The number of sulfonamides is 1. The van der Waals surface area contributed by atoms with Crippen LogP contribution in [0, 0.1) is 39.2 Å². The number of ketones is 1. The first-order valence-corrected chi connectivity index (χ1v) is 13.0. The summed E-state index contributed by atoms with van der Waals surface area (Å²) in [6, 6.07) is 3.21. The van der Waals surface area contributed by atoms with Crippen molar-refractivity contribution in [3.8, 4) is 5.75 Å². The average molecular weight is 494 g/mol. The molecule has 4 saturated carbocycles. The van der Waals surface area contributed by atoms with Crippen molar-refractivity contribution in [1.29, 1.82) is 0 Å². The molecule has 0 spiro atoms. The van der Waals surface area contributed by atoms with E-state index in [-0.39, 0.29) is 52.2 Å². The number of rotatable bonds is 9. The minimum absolute atomic E-state index is 0.106. The molecule has 4 bridgehead atoms. The Bertz CT molecular complexity index is 1130. The normalized spacial score (nSPS) is 30.2. The third kappa shape index (κ3) is 4.19. The monoisotopic (exact) mass is 493 g/mol. The zero-order chi connectivity index (χ0) is 25.1. The molecule has 1 amide bonds. The van der Waals surface area contributed by atoms with Crippen LogP contribution in [0.15, 0.2) is 23.1 Å². The van der Waals surface area contributed by atoms with E-state index in [2.05, 4.69) is 4.72 Å². The van der Waals surface area contributed by atoms with E-state index in [1.165, 1.54) is 21.0 Å². The van der Waals surface area contributed by atoms with Gasteiger partial charge in [-0.25, -0.2) is 8.42 Å². The number of carbonyl (C=O) groups excluding carboxylic acids is 2. The van der Waals surface area contributed by atoms with Gasteiger partial charge in [0.05, 0.1) is 23.6 Å².